The van der Waals surface area contributed by atoms with Gasteiger partial charge in [0.1, 0.15) is 0 Å². The second-order valence-electron chi connectivity index (χ2n) is 5.10. The molecule has 17 heavy (non-hydrogen) atoms. The smallest absolute Gasteiger partial charge is 0.0223 e. The second-order valence-corrected chi connectivity index (χ2v) is 5.48. The van der Waals surface area contributed by atoms with Crippen LogP contribution in [0.5, 0.6) is 0 Å². The first kappa shape index (κ1) is 17.5. The third-order valence-corrected chi connectivity index (χ3v) is 3.87. The van der Waals surface area contributed by atoms with Crippen molar-refractivity contribution in [2.75, 3.05) is 12.4 Å². The minimum atomic E-state index is 0. The number of rotatable bonds is 9. The third-order valence-electron chi connectivity index (χ3n) is 3.60. The van der Waals surface area contributed by atoms with Gasteiger partial charge in [0.25, 0.3) is 0 Å². The summed E-state index contributed by atoms with van der Waals surface area (Å²) in [6, 6.07) is 0.838. The van der Waals surface area contributed by atoms with Gasteiger partial charge in [0.05, 0.1) is 0 Å². The molecule has 0 atom stereocenters. The normalized spacial score (nSPS) is 16.8. The van der Waals surface area contributed by atoms with Crippen molar-refractivity contribution in [1.82, 2.24) is 5.32 Å². The number of unbranched alkanes of at least 4 members (excludes halogenated alkanes) is 5. The highest BCUT2D eigenvalue weighted by molar-refractivity contribution is 6.17. The van der Waals surface area contributed by atoms with Crippen molar-refractivity contribution in [2.24, 2.45) is 0 Å². The Hall–Kier alpha value is 0.540. The molecule has 0 aliphatic heterocycles. The van der Waals surface area contributed by atoms with E-state index < -0.39 is 0 Å². The fraction of sp³-hybridized carbons (Fsp3) is 1.00. The summed E-state index contributed by atoms with van der Waals surface area (Å²) in [5.74, 6) is 0.837. The number of halogens is 2. The van der Waals surface area contributed by atoms with Gasteiger partial charge < -0.3 is 5.32 Å². The largest absolute Gasteiger partial charge is 0.314 e. The van der Waals surface area contributed by atoms with E-state index in [0.717, 1.165) is 11.9 Å². The highest BCUT2D eigenvalue weighted by Gasteiger charge is 2.11. The van der Waals surface area contributed by atoms with Gasteiger partial charge in [-0.05, 0) is 32.2 Å². The maximum Gasteiger partial charge on any atom is 0.0223 e. The number of hydrogen-bond donors (Lipinski definition) is 1. The molecule has 0 aromatic heterocycles. The molecule has 1 fully saturated rings. The lowest BCUT2D eigenvalue weighted by atomic mass is 9.95. The van der Waals surface area contributed by atoms with E-state index in [1.54, 1.807) is 0 Å². The molecule has 0 spiro atoms. The fourth-order valence-corrected chi connectivity index (χ4v) is 2.73. The van der Waals surface area contributed by atoms with E-state index in [0.29, 0.717) is 0 Å². The molecule has 1 aliphatic rings. The van der Waals surface area contributed by atoms with Crippen LogP contribution in [0.3, 0.4) is 0 Å². The first-order valence-electron chi connectivity index (χ1n) is 7.23. The van der Waals surface area contributed by atoms with Gasteiger partial charge in [0, 0.05) is 11.9 Å². The Kier molecular flexibility index (Phi) is 13.4. The van der Waals surface area contributed by atoms with Crippen molar-refractivity contribution in [1.29, 1.82) is 0 Å². The zero-order valence-electron chi connectivity index (χ0n) is 11.1. The zero-order chi connectivity index (χ0) is 11.5. The van der Waals surface area contributed by atoms with Gasteiger partial charge in [0.15, 0.2) is 0 Å². The first-order chi connectivity index (χ1) is 7.93. The first-order valence-corrected chi connectivity index (χ1v) is 7.76. The maximum atomic E-state index is 5.64. The van der Waals surface area contributed by atoms with Crippen molar-refractivity contribution < 1.29 is 0 Å². The summed E-state index contributed by atoms with van der Waals surface area (Å²) in [6.07, 6.45) is 15.2. The van der Waals surface area contributed by atoms with Gasteiger partial charge in [-0.3, -0.25) is 0 Å². The lowest BCUT2D eigenvalue weighted by Gasteiger charge is -2.22. The van der Waals surface area contributed by atoms with Gasteiger partial charge in [-0.15, -0.1) is 24.0 Å². The maximum absolute atomic E-state index is 5.64. The van der Waals surface area contributed by atoms with Crippen LogP contribution in [-0.4, -0.2) is 18.5 Å². The Morgan fingerprint density at radius 1 is 0.824 bits per heavy atom. The molecule has 1 nitrogen and oxygen atoms in total. The van der Waals surface area contributed by atoms with E-state index in [-0.39, 0.29) is 12.4 Å². The summed E-state index contributed by atoms with van der Waals surface area (Å²) in [6.45, 7) is 1.24. The van der Waals surface area contributed by atoms with Crippen LogP contribution >= 0.6 is 24.0 Å². The van der Waals surface area contributed by atoms with E-state index in [2.05, 4.69) is 5.32 Å². The van der Waals surface area contributed by atoms with Crippen LogP contribution in [0.1, 0.15) is 70.6 Å². The van der Waals surface area contributed by atoms with Gasteiger partial charge in [0.2, 0.25) is 0 Å². The highest BCUT2D eigenvalue weighted by atomic mass is 35.5. The Balaban J connectivity index is 0.00000256. The standard InChI is InChI=1S/C14H28ClN.ClH/c15-12-8-3-1-2-4-9-13-16-14-10-6-5-7-11-14;/h14,16H,1-13H2;1H. The fourth-order valence-electron chi connectivity index (χ4n) is 2.54. The molecular weight excluding hydrogens is 253 g/mol. The minimum Gasteiger partial charge on any atom is -0.314 e. The van der Waals surface area contributed by atoms with Gasteiger partial charge in [-0.2, -0.15) is 0 Å². The van der Waals surface area contributed by atoms with Crippen LogP contribution in [0.4, 0.5) is 0 Å². The lowest BCUT2D eigenvalue weighted by Crippen LogP contribution is -2.31. The molecule has 104 valence electrons. The van der Waals surface area contributed by atoms with Crippen LogP contribution in [0.15, 0.2) is 0 Å². The summed E-state index contributed by atoms with van der Waals surface area (Å²) < 4.78 is 0. The molecular formula is C14H29Cl2N. The molecule has 0 aromatic rings. The van der Waals surface area contributed by atoms with Gasteiger partial charge >= 0.3 is 0 Å². The molecule has 1 rings (SSSR count). The molecule has 0 aromatic carbocycles. The van der Waals surface area contributed by atoms with E-state index in [9.17, 15) is 0 Å². The van der Waals surface area contributed by atoms with Crippen LogP contribution < -0.4 is 5.32 Å². The number of nitrogens with one attached hydrogen (secondary N) is 1. The van der Waals surface area contributed by atoms with E-state index >= 15 is 0 Å². The molecule has 0 saturated heterocycles. The predicted molar refractivity (Wildman–Crippen MR) is 80.5 cm³/mol. The summed E-state index contributed by atoms with van der Waals surface area (Å²) in [4.78, 5) is 0. The Morgan fingerprint density at radius 2 is 1.41 bits per heavy atom. The zero-order valence-corrected chi connectivity index (χ0v) is 12.6. The Labute approximate surface area is 118 Å². The third kappa shape index (κ3) is 10.2. The minimum absolute atomic E-state index is 0. The van der Waals surface area contributed by atoms with Crippen molar-refractivity contribution in [2.45, 2.75) is 76.7 Å². The summed E-state index contributed by atoms with van der Waals surface area (Å²) in [5.41, 5.74) is 0. The van der Waals surface area contributed by atoms with E-state index in [1.165, 1.54) is 77.2 Å². The predicted octanol–water partition coefficient (Wildman–Crippen LogP) is 4.91. The van der Waals surface area contributed by atoms with E-state index in [1.807, 2.05) is 0 Å². The molecule has 0 bridgehead atoms. The second kappa shape index (κ2) is 13.0. The van der Waals surface area contributed by atoms with E-state index in [4.69, 9.17) is 11.6 Å². The molecule has 1 N–H and O–H groups in total. The highest BCUT2D eigenvalue weighted by Crippen LogP contribution is 2.17. The molecule has 1 saturated carbocycles. The van der Waals surface area contributed by atoms with Crippen molar-refractivity contribution >= 4 is 24.0 Å². The molecule has 0 amide bonds. The molecule has 1 aliphatic carbocycles. The average molecular weight is 282 g/mol. The summed E-state index contributed by atoms with van der Waals surface area (Å²) in [5, 5.41) is 3.70. The molecule has 0 radical (unpaired) electrons. The summed E-state index contributed by atoms with van der Waals surface area (Å²) >= 11 is 5.64. The Morgan fingerprint density at radius 3 is 2.06 bits per heavy atom. The van der Waals surface area contributed by atoms with Crippen molar-refractivity contribution in [3.63, 3.8) is 0 Å². The van der Waals surface area contributed by atoms with Crippen LogP contribution in [0.2, 0.25) is 0 Å². The van der Waals surface area contributed by atoms with Crippen LogP contribution in [0, 0.1) is 0 Å². The SMILES string of the molecule is Cl.ClCCCCCCCCNC1CCCCC1. The average Bonchev–Trinajstić information content (AvgIpc) is 2.34. The quantitative estimate of drug-likeness (QED) is 0.468. The van der Waals surface area contributed by atoms with Crippen molar-refractivity contribution in [3.8, 4) is 0 Å². The molecule has 0 heterocycles. The molecule has 0 unspecified atom stereocenters. The van der Waals surface area contributed by atoms with Crippen LogP contribution in [0.25, 0.3) is 0 Å². The summed E-state index contributed by atoms with van der Waals surface area (Å²) in [7, 11) is 0. The van der Waals surface area contributed by atoms with Crippen molar-refractivity contribution in [3.05, 3.63) is 0 Å². The lowest BCUT2D eigenvalue weighted by molar-refractivity contribution is 0.370. The van der Waals surface area contributed by atoms with Crippen LogP contribution in [-0.2, 0) is 0 Å². The topological polar surface area (TPSA) is 12.0 Å². The number of alkyl halides is 1. The van der Waals surface area contributed by atoms with Gasteiger partial charge in [-0.25, -0.2) is 0 Å². The van der Waals surface area contributed by atoms with Gasteiger partial charge in [-0.1, -0.05) is 44.9 Å². The monoisotopic (exact) mass is 281 g/mol. The Bertz CT molecular complexity index is 147. The number of hydrogen-bond acceptors (Lipinski definition) is 1. The molecule has 3 heteroatoms.